The second kappa shape index (κ2) is 7.10. The SMILES string of the molecule is C[C@H](NP(C)(=O)Oc1ccccc1)C(=O)OC1CCCC1. The van der Waals surface area contributed by atoms with Crippen molar-refractivity contribution < 1.29 is 18.6 Å². The topological polar surface area (TPSA) is 64.6 Å². The molecule has 0 aliphatic heterocycles. The zero-order chi connectivity index (χ0) is 15.3. The first kappa shape index (κ1) is 16.1. The zero-order valence-electron chi connectivity index (χ0n) is 12.5. The van der Waals surface area contributed by atoms with E-state index in [2.05, 4.69) is 5.09 Å². The zero-order valence-corrected chi connectivity index (χ0v) is 13.3. The number of benzene rings is 1. The molecule has 1 aliphatic rings. The molecule has 1 fully saturated rings. The fourth-order valence-electron chi connectivity index (χ4n) is 2.39. The highest BCUT2D eigenvalue weighted by Gasteiger charge is 2.28. The van der Waals surface area contributed by atoms with E-state index in [4.69, 9.17) is 9.26 Å². The van der Waals surface area contributed by atoms with Gasteiger partial charge in [-0.2, -0.15) is 0 Å². The molecule has 5 nitrogen and oxygen atoms in total. The van der Waals surface area contributed by atoms with Crippen molar-refractivity contribution in [3.8, 4) is 5.75 Å². The minimum absolute atomic E-state index is 0.00744. The average Bonchev–Trinajstić information content (AvgIpc) is 2.91. The number of esters is 1. The van der Waals surface area contributed by atoms with Gasteiger partial charge in [0.25, 0.3) is 0 Å². The lowest BCUT2D eigenvalue weighted by atomic mass is 10.3. The molecule has 0 saturated heterocycles. The average molecular weight is 311 g/mol. The summed E-state index contributed by atoms with van der Waals surface area (Å²) in [6.07, 6.45) is 4.05. The summed E-state index contributed by atoms with van der Waals surface area (Å²) in [5, 5.41) is 2.74. The maximum Gasteiger partial charge on any atom is 0.323 e. The van der Waals surface area contributed by atoms with Crippen LogP contribution in [-0.4, -0.2) is 24.8 Å². The quantitative estimate of drug-likeness (QED) is 0.644. The molecule has 1 unspecified atom stereocenters. The van der Waals surface area contributed by atoms with Crippen molar-refractivity contribution in [2.75, 3.05) is 6.66 Å². The van der Waals surface area contributed by atoms with Gasteiger partial charge in [-0.05, 0) is 44.7 Å². The third-order valence-corrected chi connectivity index (χ3v) is 4.81. The fourth-order valence-corrected chi connectivity index (χ4v) is 3.77. The van der Waals surface area contributed by atoms with Gasteiger partial charge in [0.05, 0.1) is 0 Å². The van der Waals surface area contributed by atoms with Gasteiger partial charge in [-0.15, -0.1) is 0 Å². The van der Waals surface area contributed by atoms with Crippen LogP contribution in [0.2, 0.25) is 0 Å². The van der Waals surface area contributed by atoms with Crippen molar-refractivity contribution in [1.82, 2.24) is 5.09 Å². The van der Waals surface area contributed by atoms with Crippen LogP contribution < -0.4 is 9.61 Å². The van der Waals surface area contributed by atoms with E-state index in [1.807, 2.05) is 6.07 Å². The Balaban J connectivity index is 1.86. The number of carbonyl (C=O) groups excluding carboxylic acids is 1. The van der Waals surface area contributed by atoms with E-state index < -0.39 is 13.6 Å². The molecule has 1 aromatic carbocycles. The summed E-state index contributed by atoms with van der Waals surface area (Å²) < 4.78 is 23.2. The van der Waals surface area contributed by atoms with Gasteiger partial charge in [-0.1, -0.05) is 18.2 Å². The van der Waals surface area contributed by atoms with Crippen molar-refractivity contribution in [3.63, 3.8) is 0 Å². The summed E-state index contributed by atoms with van der Waals surface area (Å²) in [5.74, 6) is 0.132. The van der Waals surface area contributed by atoms with Gasteiger partial charge in [0.15, 0.2) is 0 Å². The van der Waals surface area contributed by atoms with E-state index in [0.717, 1.165) is 25.7 Å². The molecule has 0 heterocycles. The molecule has 2 rings (SSSR count). The Bertz CT molecular complexity index is 514. The second-order valence-corrected chi connectivity index (χ2v) is 7.58. The predicted molar refractivity (Wildman–Crippen MR) is 81.5 cm³/mol. The number of ether oxygens (including phenoxy) is 1. The Kier molecular flexibility index (Phi) is 5.43. The largest absolute Gasteiger partial charge is 0.461 e. The van der Waals surface area contributed by atoms with Gasteiger partial charge in [-0.3, -0.25) is 9.36 Å². The smallest absolute Gasteiger partial charge is 0.323 e. The summed E-state index contributed by atoms with van der Waals surface area (Å²) in [6.45, 7) is 3.10. The first-order chi connectivity index (χ1) is 9.96. The highest BCUT2D eigenvalue weighted by atomic mass is 31.2. The van der Waals surface area contributed by atoms with Crippen molar-refractivity contribution in [1.29, 1.82) is 0 Å². The highest BCUT2D eigenvalue weighted by Crippen LogP contribution is 2.39. The Hall–Kier alpha value is -1.32. The first-order valence-electron chi connectivity index (χ1n) is 7.27. The molecule has 0 spiro atoms. The molecule has 0 bridgehead atoms. The summed E-state index contributed by atoms with van der Waals surface area (Å²) in [5.41, 5.74) is 0. The fraction of sp³-hybridized carbons (Fsp3) is 0.533. The first-order valence-corrected chi connectivity index (χ1v) is 9.34. The summed E-state index contributed by atoms with van der Waals surface area (Å²) >= 11 is 0. The van der Waals surface area contributed by atoms with Crippen LogP contribution >= 0.6 is 7.52 Å². The maximum absolute atomic E-state index is 12.4. The van der Waals surface area contributed by atoms with Crippen LogP contribution in [0, 0.1) is 0 Å². The molecular formula is C15H22NO4P. The number of rotatable bonds is 6. The molecule has 2 atom stereocenters. The van der Waals surface area contributed by atoms with Crippen LogP contribution in [0.4, 0.5) is 0 Å². The number of hydrogen-bond donors (Lipinski definition) is 1. The van der Waals surface area contributed by atoms with Gasteiger partial charge in [0, 0.05) is 6.66 Å². The number of para-hydroxylation sites is 1. The number of nitrogens with one attached hydrogen (secondary N) is 1. The molecule has 1 aromatic rings. The van der Waals surface area contributed by atoms with Crippen molar-refractivity contribution in [3.05, 3.63) is 30.3 Å². The van der Waals surface area contributed by atoms with Crippen LogP contribution in [0.25, 0.3) is 0 Å². The molecule has 0 amide bonds. The lowest BCUT2D eigenvalue weighted by Gasteiger charge is -2.21. The summed E-state index contributed by atoms with van der Waals surface area (Å²) in [6, 6.07) is 8.23. The standard InChI is InChI=1S/C15H22NO4P/c1-12(15(17)19-13-8-6-7-9-13)16-21(2,18)20-14-10-4-3-5-11-14/h3-5,10-13H,6-9H2,1-2H3,(H,16,18)/t12-,21?/m0/s1. The van der Waals surface area contributed by atoms with Crippen LogP contribution in [0.15, 0.2) is 30.3 Å². The molecule has 1 N–H and O–H groups in total. The molecular weight excluding hydrogens is 289 g/mol. The lowest BCUT2D eigenvalue weighted by Crippen LogP contribution is -2.35. The number of carbonyl (C=O) groups is 1. The molecule has 0 aromatic heterocycles. The molecule has 6 heteroatoms. The Morgan fingerprint density at radius 3 is 2.52 bits per heavy atom. The Labute approximate surface area is 125 Å². The molecule has 0 radical (unpaired) electrons. The minimum atomic E-state index is -3.12. The van der Waals surface area contributed by atoms with Gasteiger partial charge < -0.3 is 9.26 Å². The maximum atomic E-state index is 12.4. The van der Waals surface area contributed by atoms with Crippen molar-refractivity contribution in [2.24, 2.45) is 0 Å². The van der Waals surface area contributed by atoms with Gasteiger partial charge in [0.1, 0.15) is 17.9 Å². The summed E-state index contributed by atoms with van der Waals surface area (Å²) in [4.78, 5) is 12.0. The minimum Gasteiger partial charge on any atom is -0.461 e. The van der Waals surface area contributed by atoms with E-state index in [1.165, 1.54) is 6.66 Å². The van der Waals surface area contributed by atoms with Crippen LogP contribution in [0.5, 0.6) is 5.75 Å². The third kappa shape index (κ3) is 5.18. The van der Waals surface area contributed by atoms with E-state index in [1.54, 1.807) is 31.2 Å². The molecule has 1 aliphatic carbocycles. The highest BCUT2D eigenvalue weighted by molar-refractivity contribution is 7.56. The van der Waals surface area contributed by atoms with Gasteiger partial charge >= 0.3 is 13.5 Å². The lowest BCUT2D eigenvalue weighted by molar-refractivity contribution is -0.150. The van der Waals surface area contributed by atoms with E-state index in [9.17, 15) is 9.36 Å². The molecule has 1 saturated carbocycles. The van der Waals surface area contributed by atoms with Crippen molar-refractivity contribution >= 4 is 13.5 Å². The van der Waals surface area contributed by atoms with E-state index in [-0.39, 0.29) is 12.1 Å². The molecule has 21 heavy (non-hydrogen) atoms. The monoisotopic (exact) mass is 311 g/mol. The van der Waals surface area contributed by atoms with E-state index >= 15 is 0 Å². The molecule has 116 valence electrons. The second-order valence-electron chi connectivity index (χ2n) is 5.44. The van der Waals surface area contributed by atoms with Gasteiger partial charge in [0.2, 0.25) is 0 Å². The number of hydrogen-bond acceptors (Lipinski definition) is 4. The predicted octanol–water partition coefficient (Wildman–Crippen LogP) is 3.35. The van der Waals surface area contributed by atoms with Crippen LogP contribution in [-0.2, 0) is 14.1 Å². The third-order valence-electron chi connectivity index (χ3n) is 3.39. The summed E-state index contributed by atoms with van der Waals surface area (Å²) in [7, 11) is -3.12. The van der Waals surface area contributed by atoms with E-state index in [0.29, 0.717) is 5.75 Å². The van der Waals surface area contributed by atoms with Crippen LogP contribution in [0.3, 0.4) is 0 Å². The Morgan fingerprint density at radius 1 is 1.29 bits per heavy atom. The van der Waals surface area contributed by atoms with Crippen LogP contribution in [0.1, 0.15) is 32.6 Å². The normalized spacial score (nSPS) is 19.7. The Morgan fingerprint density at radius 2 is 1.90 bits per heavy atom. The van der Waals surface area contributed by atoms with Crippen molar-refractivity contribution in [2.45, 2.75) is 44.8 Å². The van der Waals surface area contributed by atoms with Gasteiger partial charge in [-0.25, -0.2) is 5.09 Å².